The zero-order valence-electron chi connectivity index (χ0n) is 11.8. The molecule has 1 aliphatic rings. The normalized spacial score (nSPS) is 20.2. The first-order valence-corrected chi connectivity index (χ1v) is 6.54. The summed E-state index contributed by atoms with van der Waals surface area (Å²) in [5.41, 5.74) is 5.36. The molecule has 4 nitrogen and oxygen atoms in total. The van der Waals surface area contributed by atoms with Crippen molar-refractivity contribution in [2.75, 3.05) is 46.4 Å². The number of hydrogen-bond donors (Lipinski definition) is 2. The second-order valence-electron chi connectivity index (χ2n) is 3.25. The third-order valence-electron chi connectivity index (χ3n) is 2.03. The Hall–Kier alpha value is -0.160. The van der Waals surface area contributed by atoms with E-state index >= 15 is 0 Å². The third-order valence-corrected chi connectivity index (χ3v) is 2.03. The van der Waals surface area contributed by atoms with Gasteiger partial charge in [-0.05, 0) is 7.05 Å². The molecule has 1 atom stereocenters. The zero-order valence-corrected chi connectivity index (χ0v) is 11.8. The number of nitrogens with one attached hydrogen (secondary N) is 1. The highest BCUT2D eigenvalue weighted by molar-refractivity contribution is 4.70. The molecule has 100 valence electrons. The molecule has 0 radical (unpaired) electrons. The van der Waals surface area contributed by atoms with E-state index < -0.39 is 0 Å². The van der Waals surface area contributed by atoms with Crippen LogP contribution in [0, 0.1) is 0 Å². The molecular formula is C12H31N3O. The van der Waals surface area contributed by atoms with E-state index in [1.54, 1.807) is 0 Å². The Morgan fingerprint density at radius 1 is 1.31 bits per heavy atom. The van der Waals surface area contributed by atoms with Gasteiger partial charge >= 0.3 is 0 Å². The molecule has 0 saturated carbocycles. The van der Waals surface area contributed by atoms with Crippen molar-refractivity contribution in [1.29, 1.82) is 0 Å². The molecule has 0 aromatic rings. The predicted molar refractivity (Wildman–Crippen MR) is 71.9 cm³/mol. The van der Waals surface area contributed by atoms with E-state index in [2.05, 4.69) is 17.3 Å². The monoisotopic (exact) mass is 233 g/mol. The van der Waals surface area contributed by atoms with Crippen molar-refractivity contribution in [2.24, 2.45) is 5.73 Å². The van der Waals surface area contributed by atoms with Crippen LogP contribution < -0.4 is 11.1 Å². The van der Waals surface area contributed by atoms with E-state index in [9.17, 15) is 0 Å². The minimum atomic E-state index is 0.343. The lowest BCUT2D eigenvalue weighted by atomic mass is 10.3. The van der Waals surface area contributed by atoms with Gasteiger partial charge in [0.05, 0.1) is 12.7 Å². The molecule has 1 aliphatic heterocycles. The van der Waals surface area contributed by atoms with Crippen LogP contribution >= 0.6 is 0 Å². The van der Waals surface area contributed by atoms with Crippen LogP contribution in [0.3, 0.4) is 0 Å². The molecule has 4 heteroatoms. The van der Waals surface area contributed by atoms with Crippen molar-refractivity contribution in [3.8, 4) is 0 Å². The number of hydrogen-bond acceptors (Lipinski definition) is 4. The quantitative estimate of drug-likeness (QED) is 0.709. The molecule has 1 heterocycles. The van der Waals surface area contributed by atoms with Gasteiger partial charge in [-0.1, -0.05) is 27.7 Å². The first-order valence-electron chi connectivity index (χ1n) is 6.54. The second-order valence-corrected chi connectivity index (χ2v) is 3.25. The molecule has 0 aromatic heterocycles. The average Bonchev–Trinajstić information content (AvgIpc) is 2.35. The maximum Gasteiger partial charge on any atom is 0.0826 e. The summed E-state index contributed by atoms with van der Waals surface area (Å²) in [7, 11) is 2.12. The minimum Gasteiger partial charge on any atom is -0.374 e. The number of nitrogens with zero attached hydrogens (tertiary/aromatic N) is 1. The van der Waals surface area contributed by atoms with Gasteiger partial charge in [-0.15, -0.1) is 0 Å². The van der Waals surface area contributed by atoms with E-state index in [0.29, 0.717) is 12.6 Å². The lowest BCUT2D eigenvalue weighted by Crippen LogP contribution is -2.45. The molecule has 0 bridgehead atoms. The lowest BCUT2D eigenvalue weighted by molar-refractivity contribution is -0.0178. The molecule has 1 saturated heterocycles. The van der Waals surface area contributed by atoms with E-state index in [-0.39, 0.29) is 0 Å². The number of ether oxygens (including phenoxy) is 1. The Balaban J connectivity index is 0. The molecule has 0 aliphatic carbocycles. The van der Waals surface area contributed by atoms with Crippen LogP contribution in [-0.4, -0.2) is 57.4 Å². The third kappa shape index (κ3) is 10.4. The van der Waals surface area contributed by atoms with Gasteiger partial charge in [0.25, 0.3) is 0 Å². The van der Waals surface area contributed by atoms with Crippen LogP contribution in [0.15, 0.2) is 0 Å². The largest absolute Gasteiger partial charge is 0.374 e. The summed E-state index contributed by atoms with van der Waals surface area (Å²) in [6.45, 7) is 13.4. The van der Waals surface area contributed by atoms with Gasteiger partial charge in [0.15, 0.2) is 0 Å². The lowest BCUT2D eigenvalue weighted by Gasteiger charge is -2.30. The fraction of sp³-hybridized carbons (Fsp3) is 1.00. The molecule has 16 heavy (non-hydrogen) atoms. The van der Waals surface area contributed by atoms with Gasteiger partial charge in [0.1, 0.15) is 0 Å². The summed E-state index contributed by atoms with van der Waals surface area (Å²) in [6, 6.07) is 0. The molecule has 3 N–H and O–H groups in total. The highest BCUT2D eigenvalue weighted by atomic mass is 16.5. The van der Waals surface area contributed by atoms with Crippen molar-refractivity contribution in [2.45, 2.75) is 33.8 Å². The summed E-state index contributed by atoms with van der Waals surface area (Å²) in [4.78, 5) is 2.29. The highest BCUT2D eigenvalue weighted by Gasteiger charge is 2.16. The Labute approximate surface area is 102 Å². The van der Waals surface area contributed by atoms with Gasteiger partial charge in [0.2, 0.25) is 0 Å². The number of rotatable bonds is 4. The van der Waals surface area contributed by atoms with Crippen LogP contribution in [-0.2, 0) is 4.74 Å². The van der Waals surface area contributed by atoms with E-state index in [1.165, 1.54) is 0 Å². The summed E-state index contributed by atoms with van der Waals surface area (Å²) in [5.74, 6) is 0. The van der Waals surface area contributed by atoms with Crippen molar-refractivity contribution in [3.05, 3.63) is 0 Å². The Morgan fingerprint density at radius 3 is 2.44 bits per heavy atom. The summed E-state index contributed by atoms with van der Waals surface area (Å²) in [6.07, 6.45) is 0.343. The SMILES string of the molecule is CC.CC.CN1CCOC(CNCCN)C1. The standard InChI is InChI=1S/C8H19N3O.2C2H6/c1-11-4-5-12-8(7-11)6-10-3-2-9;2*1-2/h8,10H,2-7,9H2,1H3;2*1-2H3. The number of likely N-dealkylation sites (N-methyl/N-ethyl adjacent to an activating group) is 1. The Kier molecular flexibility index (Phi) is 16.9. The van der Waals surface area contributed by atoms with Gasteiger partial charge in [-0.3, -0.25) is 0 Å². The van der Waals surface area contributed by atoms with Crippen molar-refractivity contribution in [3.63, 3.8) is 0 Å². The van der Waals surface area contributed by atoms with Gasteiger partial charge < -0.3 is 20.7 Å². The molecule has 0 aromatic carbocycles. The maximum absolute atomic E-state index is 5.55. The summed E-state index contributed by atoms with van der Waals surface area (Å²) >= 11 is 0. The minimum absolute atomic E-state index is 0.343. The van der Waals surface area contributed by atoms with Crippen LogP contribution in [0.2, 0.25) is 0 Å². The average molecular weight is 233 g/mol. The second kappa shape index (κ2) is 14.8. The van der Waals surface area contributed by atoms with Crippen LogP contribution in [0.1, 0.15) is 27.7 Å². The van der Waals surface area contributed by atoms with Gasteiger partial charge in [0, 0.05) is 32.7 Å². The van der Waals surface area contributed by atoms with Crippen LogP contribution in [0.4, 0.5) is 0 Å². The van der Waals surface area contributed by atoms with E-state index in [1.807, 2.05) is 27.7 Å². The predicted octanol–water partition coefficient (Wildman–Crippen LogP) is 0.918. The molecule has 1 unspecified atom stereocenters. The molecule has 1 fully saturated rings. The first-order chi connectivity index (χ1) is 7.83. The first kappa shape index (κ1) is 18.2. The zero-order chi connectivity index (χ0) is 12.8. The van der Waals surface area contributed by atoms with Crippen molar-refractivity contribution >= 4 is 0 Å². The summed E-state index contributed by atoms with van der Waals surface area (Å²) < 4.78 is 5.55. The smallest absolute Gasteiger partial charge is 0.0826 e. The topological polar surface area (TPSA) is 50.5 Å². The van der Waals surface area contributed by atoms with Gasteiger partial charge in [-0.2, -0.15) is 0 Å². The molecule has 0 amide bonds. The van der Waals surface area contributed by atoms with E-state index in [0.717, 1.165) is 32.8 Å². The fourth-order valence-corrected chi connectivity index (χ4v) is 1.36. The highest BCUT2D eigenvalue weighted by Crippen LogP contribution is 2.00. The van der Waals surface area contributed by atoms with Crippen molar-refractivity contribution < 1.29 is 4.74 Å². The molecular weight excluding hydrogens is 202 g/mol. The van der Waals surface area contributed by atoms with Crippen LogP contribution in [0.5, 0.6) is 0 Å². The van der Waals surface area contributed by atoms with Crippen LogP contribution in [0.25, 0.3) is 0 Å². The molecule has 1 rings (SSSR count). The fourth-order valence-electron chi connectivity index (χ4n) is 1.36. The summed E-state index contributed by atoms with van der Waals surface area (Å²) in [5, 5.41) is 3.25. The Morgan fingerprint density at radius 2 is 1.94 bits per heavy atom. The van der Waals surface area contributed by atoms with Gasteiger partial charge in [-0.25, -0.2) is 0 Å². The van der Waals surface area contributed by atoms with E-state index in [4.69, 9.17) is 10.5 Å². The number of morpholine rings is 1. The number of nitrogens with two attached hydrogens (primary N) is 1. The van der Waals surface area contributed by atoms with Crippen molar-refractivity contribution in [1.82, 2.24) is 10.2 Å². The maximum atomic E-state index is 5.55. The Bertz CT molecular complexity index is 123. The molecule has 0 spiro atoms.